The van der Waals surface area contributed by atoms with Gasteiger partial charge in [-0.1, -0.05) is 11.6 Å². The van der Waals surface area contributed by atoms with Gasteiger partial charge in [-0.05, 0) is 70.1 Å². The van der Waals surface area contributed by atoms with Gasteiger partial charge in [-0.25, -0.2) is 0 Å². The molecule has 1 atom stereocenters. The Morgan fingerprint density at radius 1 is 1.06 bits per heavy atom. The van der Waals surface area contributed by atoms with E-state index in [9.17, 15) is 5.11 Å². The first kappa shape index (κ1) is 10.8. The lowest BCUT2D eigenvalue weighted by atomic mass is 9.48. The molecular weight excluding hydrogens is 196 g/mol. The molecule has 0 amide bonds. The zero-order chi connectivity index (χ0) is 11.3. The van der Waals surface area contributed by atoms with Crippen molar-refractivity contribution in [3.05, 3.63) is 11.6 Å². The third kappa shape index (κ3) is 1.64. The van der Waals surface area contributed by atoms with E-state index in [0.29, 0.717) is 0 Å². The van der Waals surface area contributed by atoms with Crippen LogP contribution in [0.25, 0.3) is 0 Å². The molecule has 1 heteroatoms. The molecule has 0 aromatic rings. The minimum atomic E-state index is -0.175. The number of hydrogen-bond acceptors (Lipinski definition) is 1. The van der Waals surface area contributed by atoms with Crippen LogP contribution in [-0.4, -0.2) is 11.2 Å². The van der Waals surface area contributed by atoms with Gasteiger partial charge in [0, 0.05) is 5.41 Å². The van der Waals surface area contributed by atoms with E-state index in [4.69, 9.17) is 0 Å². The van der Waals surface area contributed by atoms with Crippen molar-refractivity contribution in [1.29, 1.82) is 0 Å². The molecule has 0 aromatic carbocycles. The quantitative estimate of drug-likeness (QED) is 0.706. The predicted molar refractivity (Wildman–Crippen MR) is 66.0 cm³/mol. The Morgan fingerprint density at radius 2 is 1.50 bits per heavy atom. The lowest BCUT2D eigenvalue weighted by Gasteiger charge is -2.58. The Bertz CT molecular complexity index is 276. The van der Waals surface area contributed by atoms with Crippen LogP contribution >= 0.6 is 0 Å². The number of aliphatic hydroxyl groups excluding tert-OH is 1. The van der Waals surface area contributed by atoms with Crippen LogP contribution in [0.1, 0.15) is 52.4 Å². The minimum absolute atomic E-state index is 0.175. The molecule has 4 bridgehead atoms. The summed E-state index contributed by atoms with van der Waals surface area (Å²) < 4.78 is 0. The van der Waals surface area contributed by atoms with Gasteiger partial charge >= 0.3 is 0 Å². The molecule has 0 saturated heterocycles. The maximum absolute atomic E-state index is 10.5. The maximum Gasteiger partial charge on any atom is 0.0779 e. The van der Waals surface area contributed by atoms with Gasteiger partial charge in [0.15, 0.2) is 0 Å². The van der Waals surface area contributed by atoms with Crippen LogP contribution in [0.4, 0.5) is 0 Å². The van der Waals surface area contributed by atoms with E-state index in [1.54, 1.807) is 0 Å². The molecule has 1 unspecified atom stereocenters. The molecule has 0 aliphatic heterocycles. The zero-order valence-electron chi connectivity index (χ0n) is 10.6. The first-order chi connectivity index (χ1) is 7.57. The second-order valence-electron chi connectivity index (χ2n) is 6.97. The normalized spacial score (nSPS) is 46.8. The smallest absolute Gasteiger partial charge is 0.0779 e. The highest BCUT2D eigenvalue weighted by atomic mass is 16.3. The van der Waals surface area contributed by atoms with Crippen molar-refractivity contribution in [3.63, 3.8) is 0 Å². The fourth-order valence-corrected chi connectivity index (χ4v) is 5.03. The van der Waals surface area contributed by atoms with Gasteiger partial charge < -0.3 is 5.11 Å². The summed E-state index contributed by atoms with van der Waals surface area (Å²) in [4.78, 5) is 0. The highest BCUT2D eigenvalue weighted by molar-refractivity contribution is 5.11. The Balaban J connectivity index is 1.85. The molecule has 1 N–H and O–H groups in total. The monoisotopic (exact) mass is 220 g/mol. The molecule has 4 aliphatic rings. The first-order valence-electron chi connectivity index (χ1n) is 6.90. The highest BCUT2D eigenvalue weighted by Crippen LogP contribution is 2.61. The van der Waals surface area contributed by atoms with Crippen molar-refractivity contribution in [3.8, 4) is 0 Å². The molecule has 4 rings (SSSR count). The van der Waals surface area contributed by atoms with E-state index in [1.165, 1.54) is 44.1 Å². The third-order valence-corrected chi connectivity index (χ3v) is 5.20. The van der Waals surface area contributed by atoms with Crippen LogP contribution in [0.5, 0.6) is 0 Å². The van der Waals surface area contributed by atoms with Crippen molar-refractivity contribution in [2.45, 2.75) is 58.5 Å². The minimum Gasteiger partial charge on any atom is -0.388 e. The SMILES string of the molecule is CC(C)=CC(O)C12CC3CC(CC(C3)C1)C2. The van der Waals surface area contributed by atoms with Crippen LogP contribution < -0.4 is 0 Å². The van der Waals surface area contributed by atoms with Crippen LogP contribution in [0.15, 0.2) is 11.6 Å². The molecule has 1 nitrogen and oxygen atoms in total. The van der Waals surface area contributed by atoms with Gasteiger partial charge in [0.05, 0.1) is 6.10 Å². The lowest BCUT2D eigenvalue weighted by molar-refractivity contribution is -0.104. The zero-order valence-corrected chi connectivity index (χ0v) is 10.6. The van der Waals surface area contributed by atoms with E-state index >= 15 is 0 Å². The first-order valence-corrected chi connectivity index (χ1v) is 6.90. The van der Waals surface area contributed by atoms with Crippen molar-refractivity contribution in [1.82, 2.24) is 0 Å². The number of hydrogen-bond donors (Lipinski definition) is 1. The summed E-state index contributed by atoms with van der Waals surface area (Å²) in [6.45, 7) is 4.20. The molecule has 0 radical (unpaired) electrons. The van der Waals surface area contributed by atoms with E-state index in [-0.39, 0.29) is 11.5 Å². The number of allylic oxidation sites excluding steroid dienone is 1. The molecule has 0 heterocycles. The summed E-state index contributed by atoms with van der Waals surface area (Å²) in [6, 6.07) is 0. The summed E-state index contributed by atoms with van der Waals surface area (Å²) in [5.74, 6) is 2.81. The Hall–Kier alpha value is -0.300. The van der Waals surface area contributed by atoms with E-state index in [1.807, 2.05) is 0 Å². The topological polar surface area (TPSA) is 20.2 Å². The largest absolute Gasteiger partial charge is 0.388 e. The summed E-state index contributed by atoms with van der Waals surface area (Å²) in [5.41, 5.74) is 1.54. The van der Waals surface area contributed by atoms with Crippen LogP contribution in [0, 0.1) is 23.2 Å². The van der Waals surface area contributed by atoms with Gasteiger partial charge in [-0.3, -0.25) is 0 Å². The molecule has 4 fully saturated rings. The summed E-state index contributed by atoms with van der Waals surface area (Å²) in [5, 5.41) is 10.5. The van der Waals surface area contributed by atoms with Gasteiger partial charge in [-0.2, -0.15) is 0 Å². The van der Waals surface area contributed by atoms with E-state index in [0.717, 1.165) is 17.8 Å². The van der Waals surface area contributed by atoms with Gasteiger partial charge in [0.1, 0.15) is 0 Å². The molecule has 0 aromatic heterocycles. The van der Waals surface area contributed by atoms with Crippen LogP contribution in [-0.2, 0) is 0 Å². The van der Waals surface area contributed by atoms with Gasteiger partial charge in [0.25, 0.3) is 0 Å². The van der Waals surface area contributed by atoms with Crippen LogP contribution in [0.3, 0.4) is 0 Å². The summed E-state index contributed by atoms with van der Waals surface area (Å²) >= 11 is 0. The van der Waals surface area contributed by atoms with E-state index < -0.39 is 0 Å². The molecule has 4 saturated carbocycles. The molecule has 4 aliphatic carbocycles. The number of rotatable bonds is 2. The van der Waals surface area contributed by atoms with Crippen molar-refractivity contribution < 1.29 is 5.11 Å². The highest BCUT2D eigenvalue weighted by Gasteiger charge is 2.53. The maximum atomic E-state index is 10.5. The summed E-state index contributed by atoms with van der Waals surface area (Å²) in [7, 11) is 0. The second-order valence-corrected chi connectivity index (χ2v) is 6.97. The molecule has 16 heavy (non-hydrogen) atoms. The average Bonchev–Trinajstić information content (AvgIpc) is 2.13. The Morgan fingerprint density at radius 3 is 1.88 bits per heavy atom. The standard InChI is InChI=1S/C15H24O/c1-10(2)3-14(16)15-7-11-4-12(8-15)6-13(5-11)9-15/h3,11-14,16H,4-9H2,1-2H3. The Labute approximate surface area is 98.9 Å². The second kappa shape index (κ2) is 3.60. The Kier molecular flexibility index (Phi) is 2.43. The fraction of sp³-hybridized carbons (Fsp3) is 0.867. The fourth-order valence-electron chi connectivity index (χ4n) is 5.03. The van der Waals surface area contributed by atoms with Crippen molar-refractivity contribution >= 4 is 0 Å². The lowest BCUT2D eigenvalue weighted by Crippen LogP contribution is -2.51. The van der Waals surface area contributed by atoms with Gasteiger partial charge in [-0.15, -0.1) is 0 Å². The van der Waals surface area contributed by atoms with E-state index in [2.05, 4.69) is 19.9 Å². The summed E-state index contributed by atoms with van der Waals surface area (Å²) in [6.07, 6.45) is 10.2. The predicted octanol–water partition coefficient (Wildman–Crippen LogP) is 3.53. The molecule has 90 valence electrons. The third-order valence-electron chi connectivity index (χ3n) is 5.20. The van der Waals surface area contributed by atoms with Crippen LogP contribution in [0.2, 0.25) is 0 Å². The van der Waals surface area contributed by atoms with Crippen molar-refractivity contribution in [2.24, 2.45) is 23.2 Å². The molecular formula is C15H24O. The number of aliphatic hydroxyl groups is 1. The average molecular weight is 220 g/mol. The van der Waals surface area contributed by atoms with Crippen molar-refractivity contribution in [2.75, 3.05) is 0 Å². The molecule has 0 spiro atoms. The van der Waals surface area contributed by atoms with Gasteiger partial charge in [0.2, 0.25) is 0 Å².